The lowest BCUT2D eigenvalue weighted by Crippen LogP contribution is -2.42. The summed E-state index contributed by atoms with van der Waals surface area (Å²) in [6, 6.07) is 2.35. The van der Waals surface area contributed by atoms with Crippen LogP contribution in [0.1, 0.15) is 54.9 Å². The van der Waals surface area contributed by atoms with E-state index in [1.165, 1.54) is 12.8 Å². The average molecular weight is 185 g/mol. The predicted octanol–water partition coefficient (Wildman–Crippen LogP) is 3.54. The molecule has 13 heavy (non-hydrogen) atoms. The highest BCUT2D eigenvalue weighted by Crippen LogP contribution is 2.30. The van der Waals surface area contributed by atoms with Crippen LogP contribution in [-0.4, -0.2) is 23.0 Å². The van der Waals surface area contributed by atoms with E-state index in [0.717, 1.165) is 24.0 Å². The number of hydrogen-bond donors (Lipinski definition) is 0. The quantitative estimate of drug-likeness (QED) is 0.636. The van der Waals surface area contributed by atoms with E-state index in [4.69, 9.17) is 0 Å². The lowest BCUT2D eigenvalue weighted by Gasteiger charge is -2.34. The Bertz CT molecular complexity index is 140. The van der Waals surface area contributed by atoms with Crippen molar-refractivity contribution in [2.45, 2.75) is 73.0 Å². The highest BCUT2D eigenvalue weighted by Gasteiger charge is 2.33. The maximum Gasteiger partial charge on any atom is 0.0124 e. The summed E-state index contributed by atoms with van der Waals surface area (Å²) in [5, 5.41) is 0. The maximum absolute atomic E-state index is 2.69. The van der Waals surface area contributed by atoms with E-state index in [1.54, 1.807) is 0 Å². The van der Waals surface area contributed by atoms with Crippen molar-refractivity contribution in [1.82, 2.24) is 4.90 Å². The molecule has 0 aromatic heterocycles. The molecule has 0 bridgehead atoms. The summed E-state index contributed by atoms with van der Waals surface area (Å²) in [5.74, 6) is 0.817. The van der Waals surface area contributed by atoms with Gasteiger partial charge in [0.25, 0.3) is 0 Å². The fourth-order valence-electron chi connectivity index (χ4n) is 2.61. The van der Waals surface area contributed by atoms with Crippen molar-refractivity contribution < 1.29 is 0 Å². The Morgan fingerprint density at radius 3 is 1.92 bits per heavy atom. The molecule has 0 aliphatic carbocycles. The van der Waals surface area contributed by atoms with Crippen LogP contribution >= 0.6 is 0 Å². The Morgan fingerprint density at radius 2 is 1.62 bits per heavy atom. The zero-order chi connectivity index (χ0) is 9.30. The van der Waals surface area contributed by atoms with Gasteiger partial charge >= 0.3 is 0 Å². The average Bonchev–Trinajstić information content (AvgIpc) is 2.30. The summed E-state index contributed by atoms with van der Waals surface area (Å²) in [6.45, 7) is 11.7. The van der Waals surface area contributed by atoms with Crippen LogP contribution in [0.3, 0.4) is 0 Å². The van der Waals surface area contributed by atoms with E-state index >= 15 is 0 Å². The third kappa shape index (κ3) is 2.70. The van der Waals surface area contributed by atoms with Gasteiger partial charge in [-0.05, 0) is 39.5 Å². The van der Waals surface area contributed by atoms with Gasteiger partial charge in [-0.1, -0.05) is 21.3 Å². The zero-order valence-corrected chi connectivity index (χ0v) is 9.17. The second-order valence-corrected chi connectivity index (χ2v) is 4.78. The van der Waals surface area contributed by atoms with Gasteiger partial charge in [-0.2, -0.15) is 0 Å². The molecule has 0 spiro atoms. The summed E-state index contributed by atoms with van der Waals surface area (Å²) >= 11 is 0. The van der Waals surface area contributed by atoms with Crippen LogP contribution in [0.15, 0.2) is 0 Å². The van der Waals surface area contributed by atoms with Gasteiger partial charge < -0.3 is 0 Å². The van der Waals surface area contributed by atoms with Gasteiger partial charge in [0.05, 0.1) is 0 Å². The first-order valence-corrected chi connectivity index (χ1v) is 5.31. The van der Waals surface area contributed by atoms with Crippen LogP contribution < -0.4 is 0 Å². The Balaban J connectivity index is 0.00000144. The zero-order valence-electron chi connectivity index (χ0n) is 9.17. The molecule has 1 rings (SSSR count). The van der Waals surface area contributed by atoms with Gasteiger partial charge in [-0.3, -0.25) is 4.90 Å². The highest BCUT2D eigenvalue weighted by molar-refractivity contribution is 4.88. The van der Waals surface area contributed by atoms with Gasteiger partial charge in [0, 0.05) is 18.1 Å². The Labute approximate surface area is 84.5 Å². The summed E-state index contributed by atoms with van der Waals surface area (Å²) in [5.41, 5.74) is 0. The third-order valence-corrected chi connectivity index (χ3v) is 3.14. The van der Waals surface area contributed by atoms with Crippen molar-refractivity contribution in [3.05, 3.63) is 0 Å². The maximum atomic E-state index is 2.69. The van der Waals surface area contributed by atoms with Crippen molar-refractivity contribution >= 4 is 0 Å². The molecular weight excluding hydrogens is 158 g/mol. The van der Waals surface area contributed by atoms with E-state index in [1.807, 2.05) is 0 Å². The number of nitrogens with zero attached hydrogens (tertiary/aromatic N) is 1. The van der Waals surface area contributed by atoms with Crippen molar-refractivity contribution in [2.75, 3.05) is 0 Å². The normalized spacial score (nSPS) is 29.8. The topological polar surface area (TPSA) is 3.24 Å². The number of rotatable bonds is 2. The molecule has 1 aliphatic rings. The van der Waals surface area contributed by atoms with Crippen LogP contribution in [0.2, 0.25) is 0 Å². The second kappa shape index (κ2) is 4.99. The smallest absolute Gasteiger partial charge is 0.0124 e. The van der Waals surface area contributed by atoms with Crippen molar-refractivity contribution in [2.24, 2.45) is 5.92 Å². The second-order valence-electron chi connectivity index (χ2n) is 4.78. The minimum atomic E-state index is 0. The molecule has 0 radical (unpaired) electrons. The van der Waals surface area contributed by atoms with Crippen LogP contribution in [0.5, 0.6) is 0 Å². The molecule has 0 aromatic rings. The molecule has 1 saturated heterocycles. The molecule has 1 heterocycles. The van der Waals surface area contributed by atoms with Gasteiger partial charge in [-0.15, -0.1) is 0 Å². The lowest BCUT2D eigenvalue weighted by atomic mass is 10.0. The van der Waals surface area contributed by atoms with Crippen LogP contribution in [0, 0.1) is 5.92 Å². The summed E-state index contributed by atoms with van der Waals surface area (Å²) in [4.78, 5) is 2.69. The van der Waals surface area contributed by atoms with Crippen molar-refractivity contribution in [1.29, 1.82) is 0 Å². The lowest BCUT2D eigenvalue weighted by molar-refractivity contribution is 0.127. The summed E-state index contributed by atoms with van der Waals surface area (Å²) in [6.07, 6.45) is 2.79. The Morgan fingerprint density at radius 1 is 1.08 bits per heavy atom. The largest absolute Gasteiger partial charge is 0.295 e. The van der Waals surface area contributed by atoms with Crippen LogP contribution in [-0.2, 0) is 0 Å². The highest BCUT2D eigenvalue weighted by atomic mass is 15.2. The van der Waals surface area contributed by atoms with Gasteiger partial charge in [0.2, 0.25) is 0 Å². The molecule has 2 atom stereocenters. The fourth-order valence-corrected chi connectivity index (χ4v) is 2.61. The standard InChI is InChI=1S/C11H23N.CH4/c1-8(2)11-7-6-10(5)12(11)9(3)4;/h8-11H,6-7H2,1-5H3;1H4/t10-,11+;/m1./s1. The van der Waals surface area contributed by atoms with Crippen molar-refractivity contribution in [3.63, 3.8) is 0 Å². The fraction of sp³-hybridized carbons (Fsp3) is 1.00. The molecule has 0 aromatic carbocycles. The molecular formula is C12H27N. The summed E-state index contributed by atoms with van der Waals surface area (Å²) in [7, 11) is 0. The van der Waals surface area contributed by atoms with Crippen LogP contribution in [0.4, 0.5) is 0 Å². The van der Waals surface area contributed by atoms with Crippen LogP contribution in [0.25, 0.3) is 0 Å². The van der Waals surface area contributed by atoms with Crippen molar-refractivity contribution in [3.8, 4) is 0 Å². The van der Waals surface area contributed by atoms with E-state index < -0.39 is 0 Å². The molecule has 80 valence electrons. The summed E-state index contributed by atoms with van der Waals surface area (Å²) < 4.78 is 0. The minimum absolute atomic E-state index is 0. The molecule has 1 nitrogen and oxygen atoms in total. The van der Waals surface area contributed by atoms with E-state index in [-0.39, 0.29) is 7.43 Å². The first kappa shape index (κ1) is 13.0. The third-order valence-electron chi connectivity index (χ3n) is 3.14. The predicted molar refractivity (Wildman–Crippen MR) is 61.0 cm³/mol. The molecule has 1 heteroatoms. The minimum Gasteiger partial charge on any atom is -0.295 e. The Kier molecular flexibility index (Phi) is 4.98. The molecule has 0 amide bonds. The van der Waals surface area contributed by atoms with Gasteiger partial charge in [-0.25, -0.2) is 0 Å². The van der Waals surface area contributed by atoms with E-state index in [0.29, 0.717) is 0 Å². The molecule has 1 aliphatic heterocycles. The Hall–Kier alpha value is -0.0400. The number of likely N-dealkylation sites (tertiary alicyclic amines) is 1. The molecule has 0 unspecified atom stereocenters. The molecule has 1 fully saturated rings. The molecule has 0 saturated carbocycles. The first-order valence-electron chi connectivity index (χ1n) is 5.31. The molecule has 0 N–H and O–H groups in total. The SMILES string of the molecule is C.CC(C)[C@@H]1CC[C@@H](C)N1C(C)C. The van der Waals surface area contributed by atoms with E-state index in [2.05, 4.69) is 39.5 Å². The number of hydrogen-bond acceptors (Lipinski definition) is 1. The van der Waals surface area contributed by atoms with Gasteiger partial charge in [0.15, 0.2) is 0 Å². The first-order chi connectivity index (χ1) is 5.54. The van der Waals surface area contributed by atoms with Gasteiger partial charge in [0.1, 0.15) is 0 Å². The monoisotopic (exact) mass is 185 g/mol. The van der Waals surface area contributed by atoms with E-state index in [9.17, 15) is 0 Å².